The quantitative estimate of drug-likeness (QED) is 0.0184. The second-order valence-electron chi connectivity index (χ2n) is 21.7. The summed E-state index contributed by atoms with van der Waals surface area (Å²) in [6, 6.07) is 3.21. The molecule has 578 valence electrons. The number of aliphatic hydroxyl groups excluding tert-OH is 3. The molecule has 2 rings (SSSR count). The Morgan fingerprint density at radius 3 is 1.37 bits per heavy atom. The van der Waals surface area contributed by atoms with Gasteiger partial charge in [-0.25, -0.2) is 10.7 Å². The fourth-order valence-electron chi connectivity index (χ4n) is 8.46. The molecule has 35 heteroatoms. The summed E-state index contributed by atoms with van der Waals surface area (Å²) < 4.78 is 104. The van der Waals surface area contributed by atoms with Gasteiger partial charge >= 0.3 is 18.1 Å². The van der Waals surface area contributed by atoms with Gasteiger partial charge in [0.1, 0.15) is 37.3 Å². The van der Waals surface area contributed by atoms with Crippen LogP contribution < -0.4 is 21.3 Å². The highest BCUT2D eigenvalue weighted by molar-refractivity contribution is 6.01. The Morgan fingerprint density at radius 2 is 0.960 bits per heavy atom. The van der Waals surface area contributed by atoms with E-state index in [9.17, 15) is 49.2 Å². The molecule has 1 aliphatic rings. The summed E-state index contributed by atoms with van der Waals surface area (Å²) in [6.45, 7) is 17.4. The van der Waals surface area contributed by atoms with Gasteiger partial charge in [0.25, 0.3) is 0 Å². The zero-order chi connectivity index (χ0) is 73.3. The molecule has 1 aliphatic heterocycles. The van der Waals surface area contributed by atoms with Crippen molar-refractivity contribution < 1.29 is 154 Å². The maximum atomic E-state index is 13.8. The highest BCUT2D eigenvalue weighted by atomic mass is 16.7. The van der Waals surface area contributed by atoms with Crippen LogP contribution in [0.2, 0.25) is 0 Å². The highest BCUT2D eigenvalue weighted by Crippen LogP contribution is 2.29. The standard InChI is InChI=1S/C64H111N3O30.CO2/c1-4-13-78-15-17-80-19-21-89-37-38-91-41-42-93-48-57(71)67-53(8-5-6-12-66-62(75)49(2)45-55(70)52-46-51(47-94-50(3)68)10-11-56(52)96-64-60(74)58(72)59(73)61(97-64)63(76)77)54(69)9-7-14-79-16-18-81-20-22-82-23-24-83-25-26-84-27-28-85-29-30-86-31-32-87-33-34-88-35-36-90-39-40-92-43-44-95-65;2-1-3/h10-11,46,49,53,58-61,64,72-74H,4-9,12-45,47-48,65H2,1-3H3,(H,66,75)(H,67,71)(H,76,77);/t49-,53+,58+,59+,60-,61+,64-;/m1./s1. The van der Waals surface area contributed by atoms with Crippen LogP contribution in [0.3, 0.4) is 0 Å². The Labute approximate surface area is 584 Å². The maximum absolute atomic E-state index is 13.8. The van der Waals surface area contributed by atoms with Crippen molar-refractivity contribution in [3.8, 4) is 5.75 Å². The Hall–Kier alpha value is -5.26. The number of nitrogens with one attached hydrogen (secondary N) is 2. The molecule has 1 heterocycles. The second-order valence-corrected chi connectivity index (χ2v) is 21.7. The number of aliphatic hydroxyl groups is 3. The van der Waals surface area contributed by atoms with E-state index in [0.29, 0.717) is 216 Å². The molecular formula is C65H111N3O32. The average Bonchev–Trinajstić information content (AvgIpc) is 0.797. The van der Waals surface area contributed by atoms with Gasteiger partial charge in [-0.05, 0) is 49.8 Å². The van der Waals surface area contributed by atoms with Crippen LogP contribution in [-0.4, -0.2) is 323 Å². The predicted molar refractivity (Wildman–Crippen MR) is 347 cm³/mol. The lowest BCUT2D eigenvalue weighted by Gasteiger charge is -2.38. The smallest absolute Gasteiger partial charge is 0.373 e. The number of carbonyl (C=O) groups is 6. The van der Waals surface area contributed by atoms with E-state index in [2.05, 4.69) is 15.5 Å². The van der Waals surface area contributed by atoms with Crippen molar-refractivity contribution in [1.82, 2.24) is 10.6 Å². The van der Waals surface area contributed by atoms with Gasteiger partial charge in [-0.15, -0.1) is 0 Å². The summed E-state index contributed by atoms with van der Waals surface area (Å²) in [5.41, 5.74) is 0.224. The number of hydrogen-bond donors (Lipinski definition) is 7. The molecule has 1 aromatic rings. The maximum Gasteiger partial charge on any atom is 0.373 e. The minimum absolute atomic E-state index is 0.111. The summed E-state index contributed by atoms with van der Waals surface area (Å²) in [5, 5.41) is 46.1. The second kappa shape index (κ2) is 65.7. The van der Waals surface area contributed by atoms with E-state index >= 15 is 0 Å². The Kier molecular flexibility index (Phi) is 61.0. The molecule has 0 saturated carbocycles. The fraction of sp³-hybridized carbons (Fsp3) is 0.800. The SMILES string of the molecule is CCCOCCOCCOCCOCCOCC(=O)N[C@@H](CCCCNC(=O)[C@H](C)CC(=O)c1cc(COC(C)=O)ccc1O[C@@H]1O[C@H](C(=O)O)[C@@H](O)[C@H](O)[C@H]1O)C(=O)CCCOCCOCCOCCOCCOCCOCCOCCOCCOCCOCCOCCON.O=C=O. The van der Waals surface area contributed by atoms with Crippen molar-refractivity contribution in [3.05, 3.63) is 29.3 Å². The van der Waals surface area contributed by atoms with Crippen molar-refractivity contribution in [2.75, 3.05) is 225 Å². The third kappa shape index (κ3) is 51.0. The predicted octanol–water partition coefficient (Wildman–Crippen LogP) is -0.667. The van der Waals surface area contributed by atoms with E-state index in [1.807, 2.05) is 6.92 Å². The number of carbonyl (C=O) groups excluding carboxylic acids is 7. The van der Waals surface area contributed by atoms with Gasteiger partial charge < -0.3 is 126 Å². The van der Waals surface area contributed by atoms with Gasteiger partial charge in [-0.2, -0.15) is 9.59 Å². The molecule has 100 heavy (non-hydrogen) atoms. The van der Waals surface area contributed by atoms with Crippen molar-refractivity contribution in [3.63, 3.8) is 0 Å². The van der Waals surface area contributed by atoms with E-state index in [-0.39, 0.29) is 82.1 Å². The molecule has 1 fully saturated rings. The lowest BCUT2D eigenvalue weighted by atomic mass is 9.96. The summed E-state index contributed by atoms with van der Waals surface area (Å²) in [6.07, 6.45) is -7.30. The summed E-state index contributed by atoms with van der Waals surface area (Å²) >= 11 is 0. The number of nitrogens with two attached hydrogens (primary N) is 1. The molecule has 0 bridgehead atoms. The molecule has 8 N–H and O–H groups in total. The van der Waals surface area contributed by atoms with Gasteiger partial charge in [0.2, 0.25) is 18.1 Å². The molecule has 0 spiro atoms. The Bertz CT molecular complexity index is 2260. The van der Waals surface area contributed by atoms with Crippen molar-refractivity contribution in [2.45, 2.75) is 109 Å². The minimum Gasteiger partial charge on any atom is -0.479 e. The first-order chi connectivity index (χ1) is 48.6. The van der Waals surface area contributed by atoms with Crippen molar-refractivity contribution in [2.24, 2.45) is 11.8 Å². The number of carboxylic acid groups (broad SMARTS) is 1. The van der Waals surface area contributed by atoms with E-state index in [4.69, 9.17) is 105 Å². The third-order valence-electron chi connectivity index (χ3n) is 13.6. The van der Waals surface area contributed by atoms with Crippen LogP contribution in [0.15, 0.2) is 18.2 Å². The summed E-state index contributed by atoms with van der Waals surface area (Å²) in [4.78, 5) is 97.6. The van der Waals surface area contributed by atoms with Crippen molar-refractivity contribution in [1.29, 1.82) is 0 Å². The van der Waals surface area contributed by atoms with E-state index < -0.39 is 72.2 Å². The van der Waals surface area contributed by atoms with E-state index in [0.717, 1.165) is 6.42 Å². The minimum atomic E-state index is -1.99. The van der Waals surface area contributed by atoms with Gasteiger partial charge in [-0.3, -0.25) is 24.0 Å². The fourth-order valence-corrected chi connectivity index (χ4v) is 8.46. The molecule has 0 aliphatic carbocycles. The number of rotatable bonds is 69. The zero-order valence-electron chi connectivity index (χ0n) is 58.3. The van der Waals surface area contributed by atoms with E-state index in [1.165, 1.54) is 32.0 Å². The summed E-state index contributed by atoms with van der Waals surface area (Å²) in [5.74, 6) is -0.243. The first-order valence-electron chi connectivity index (χ1n) is 33.6. The number of amides is 2. The van der Waals surface area contributed by atoms with Gasteiger partial charge in [0, 0.05) is 45.4 Å². The molecular weight excluding hydrogens is 1330 g/mol. The number of carboxylic acids is 1. The van der Waals surface area contributed by atoms with Gasteiger partial charge in [0.05, 0.1) is 210 Å². The number of unbranched alkanes of at least 4 members (excludes halogenated alkanes) is 1. The van der Waals surface area contributed by atoms with Gasteiger partial charge in [-0.1, -0.05) is 19.9 Å². The lowest BCUT2D eigenvalue weighted by Crippen LogP contribution is -2.61. The molecule has 1 saturated heterocycles. The third-order valence-corrected chi connectivity index (χ3v) is 13.6. The molecule has 1 aromatic carbocycles. The van der Waals surface area contributed by atoms with Gasteiger partial charge in [0.15, 0.2) is 17.7 Å². The Balaban J connectivity index is 0.0000163. The number of hydrogen-bond acceptors (Lipinski definition) is 32. The molecule has 35 nitrogen and oxygen atoms in total. The molecule has 0 unspecified atom stereocenters. The van der Waals surface area contributed by atoms with Crippen LogP contribution in [-0.2, 0) is 130 Å². The molecule has 0 aromatic heterocycles. The number of ether oxygens (including phenoxy) is 19. The van der Waals surface area contributed by atoms with Crippen LogP contribution in [0.5, 0.6) is 5.75 Å². The van der Waals surface area contributed by atoms with Crippen LogP contribution in [0, 0.1) is 5.92 Å². The lowest BCUT2D eigenvalue weighted by molar-refractivity contribution is -0.271. The molecule has 2 amide bonds. The summed E-state index contributed by atoms with van der Waals surface area (Å²) in [7, 11) is 0. The first-order valence-corrected chi connectivity index (χ1v) is 33.6. The zero-order valence-corrected chi connectivity index (χ0v) is 58.3. The van der Waals surface area contributed by atoms with Crippen LogP contribution >= 0.6 is 0 Å². The number of esters is 1. The monoisotopic (exact) mass is 1450 g/mol. The number of aliphatic carboxylic acids is 1. The van der Waals surface area contributed by atoms with Crippen molar-refractivity contribution >= 4 is 41.5 Å². The van der Waals surface area contributed by atoms with Crippen LogP contribution in [0.25, 0.3) is 0 Å². The molecule has 7 atom stereocenters. The normalized spacial score (nSPS) is 16.4. The number of benzene rings is 1. The van der Waals surface area contributed by atoms with E-state index in [1.54, 1.807) is 0 Å². The largest absolute Gasteiger partial charge is 0.479 e. The first kappa shape index (κ1) is 92.8. The van der Waals surface area contributed by atoms with Crippen LogP contribution in [0.1, 0.15) is 81.6 Å². The van der Waals surface area contributed by atoms with Crippen LogP contribution in [0.4, 0.5) is 0 Å². The number of Topliss-reactive ketones (excluding diaryl/α,β-unsaturated/α-hetero) is 2. The highest BCUT2D eigenvalue weighted by Gasteiger charge is 2.48. The topological polar surface area (TPSA) is 452 Å². The number of ketones is 2. The Morgan fingerprint density at radius 1 is 0.550 bits per heavy atom. The molecule has 0 radical (unpaired) electrons. The average molecular weight is 1450 g/mol.